The van der Waals surface area contributed by atoms with Gasteiger partial charge < -0.3 is 4.90 Å². The van der Waals surface area contributed by atoms with Crippen molar-refractivity contribution in [3.8, 4) is 0 Å². The lowest BCUT2D eigenvalue weighted by Crippen LogP contribution is -2.21. The second-order valence-electron chi connectivity index (χ2n) is 3.01. The largest absolute Gasteiger partial charge is 0.305 e. The van der Waals surface area contributed by atoms with Gasteiger partial charge in [0.05, 0.1) is 0 Å². The fourth-order valence-corrected chi connectivity index (χ4v) is 1.02. The van der Waals surface area contributed by atoms with Crippen molar-refractivity contribution < 1.29 is 9.59 Å². The Bertz CT molecular complexity index is 274. The molecule has 0 aromatic heterocycles. The second kappa shape index (κ2) is 3.45. The molecule has 3 heteroatoms. The Morgan fingerprint density at radius 3 is 2.50 bits per heavy atom. The van der Waals surface area contributed by atoms with Crippen LogP contribution in [-0.2, 0) is 9.59 Å². The predicted octanol–water partition coefficient (Wildman–Crippen LogP) is 0.182. The van der Waals surface area contributed by atoms with Crippen molar-refractivity contribution in [1.29, 1.82) is 0 Å². The molecule has 3 nitrogen and oxygen atoms in total. The summed E-state index contributed by atoms with van der Waals surface area (Å²) in [5.41, 5.74) is 0.563. The number of allylic oxidation sites excluding steroid dienone is 3. The summed E-state index contributed by atoms with van der Waals surface area (Å²) in [7, 11) is 3.72. The molecule has 1 rings (SSSR count). The smallest absolute Gasteiger partial charge is 0.183 e. The number of carbonyl (C=O) groups is 2. The maximum absolute atomic E-state index is 11.1. The minimum Gasteiger partial charge on any atom is -0.305 e. The zero-order valence-corrected chi connectivity index (χ0v) is 7.20. The number of rotatable bonds is 2. The van der Waals surface area contributed by atoms with Crippen molar-refractivity contribution in [2.45, 2.75) is 0 Å². The molecule has 0 heterocycles. The van der Waals surface area contributed by atoms with Gasteiger partial charge in [-0.05, 0) is 32.3 Å². The molecule has 0 atom stereocenters. The summed E-state index contributed by atoms with van der Waals surface area (Å²) in [5, 5.41) is 0. The van der Waals surface area contributed by atoms with Gasteiger partial charge in [0.2, 0.25) is 0 Å². The van der Waals surface area contributed by atoms with Crippen LogP contribution in [0.5, 0.6) is 0 Å². The molecule has 0 bridgehead atoms. The highest BCUT2D eigenvalue weighted by Gasteiger charge is 2.12. The van der Waals surface area contributed by atoms with E-state index in [0.29, 0.717) is 12.1 Å². The van der Waals surface area contributed by atoms with E-state index in [4.69, 9.17) is 0 Å². The Morgan fingerprint density at radius 1 is 1.25 bits per heavy atom. The fourth-order valence-electron chi connectivity index (χ4n) is 1.02. The third kappa shape index (κ3) is 2.13. The molecule has 0 aliphatic heterocycles. The number of hydrogen-bond donors (Lipinski definition) is 0. The van der Waals surface area contributed by atoms with Crippen LogP contribution in [0.2, 0.25) is 0 Å². The van der Waals surface area contributed by atoms with Gasteiger partial charge in [0, 0.05) is 12.1 Å². The van der Waals surface area contributed by atoms with E-state index in [-0.39, 0.29) is 11.6 Å². The van der Waals surface area contributed by atoms with Crippen LogP contribution in [0.1, 0.15) is 0 Å². The number of likely N-dealkylation sites (N-methyl/N-ethyl adjacent to an activating group) is 1. The van der Waals surface area contributed by atoms with Crippen LogP contribution in [0.15, 0.2) is 23.8 Å². The summed E-state index contributed by atoms with van der Waals surface area (Å²) in [6.07, 6.45) is 4.00. The number of hydrogen-bond acceptors (Lipinski definition) is 3. The van der Waals surface area contributed by atoms with Gasteiger partial charge in [0.1, 0.15) is 0 Å². The van der Waals surface area contributed by atoms with E-state index >= 15 is 0 Å². The Balaban J connectivity index is 2.75. The topological polar surface area (TPSA) is 37.4 Å². The van der Waals surface area contributed by atoms with Gasteiger partial charge in [-0.15, -0.1) is 0 Å². The monoisotopic (exact) mass is 165 g/mol. The SMILES string of the molecule is CN(C)CC1=CC(=O)C=CC1=O. The lowest BCUT2D eigenvalue weighted by molar-refractivity contribution is -0.114. The van der Waals surface area contributed by atoms with E-state index in [2.05, 4.69) is 0 Å². The van der Waals surface area contributed by atoms with Crippen molar-refractivity contribution >= 4 is 11.6 Å². The molecule has 0 N–H and O–H groups in total. The lowest BCUT2D eigenvalue weighted by Gasteiger charge is -2.12. The number of ketones is 2. The van der Waals surface area contributed by atoms with Gasteiger partial charge >= 0.3 is 0 Å². The first-order chi connectivity index (χ1) is 5.59. The van der Waals surface area contributed by atoms with Crippen molar-refractivity contribution in [3.63, 3.8) is 0 Å². The van der Waals surface area contributed by atoms with E-state index in [0.717, 1.165) is 0 Å². The van der Waals surface area contributed by atoms with Crippen molar-refractivity contribution in [1.82, 2.24) is 4.90 Å². The number of nitrogens with zero attached hydrogens (tertiary/aromatic N) is 1. The zero-order chi connectivity index (χ0) is 9.14. The van der Waals surface area contributed by atoms with E-state index in [1.165, 1.54) is 18.2 Å². The highest BCUT2D eigenvalue weighted by molar-refractivity contribution is 6.17. The molecule has 1 aliphatic rings. The number of carbonyl (C=O) groups excluding carboxylic acids is 2. The summed E-state index contributed by atoms with van der Waals surface area (Å²) < 4.78 is 0. The summed E-state index contributed by atoms with van der Waals surface area (Å²) in [6.45, 7) is 0.523. The van der Waals surface area contributed by atoms with Gasteiger partial charge in [-0.2, -0.15) is 0 Å². The lowest BCUT2D eigenvalue weighted by atomic mass is 10.0. The molecular weight excluding hydrogens is 154 g/mol. The summed E-state index contributed by atoms with van der Waals surface area (Å²) >= 11 is 0. The highest BCUT2D eigenvalue weighted by Crippen LogP contribution is 2.05. The zero-order valence-electron chi connectivity index (χ0n) is 7.20. The molecule has 12 heavy (non-hydrogen) atoms. The molecule has 0 radical (unpaired) electrons. The van der Waals surface area contributed by atoms with Crippen molar-refractivity contribution in [2.75, 3.05) is 20.6 Å². The molecule has 1 aliphatic carbocycles. The maximum Gasteiger partial charge on any atom is 0.183 e. The Hall–Kier alpha value is -1.22. The first-order valence-electron chi connectivity index (χ1n) is 3.71. The van der Waals surface area contributed by atoms with Crippen LogP contribution in [0, 0.1) is 0 Å². The summed E-state index contributed by atoms with van der Waals surface area (Å²) in [5.74, 6) is -0.172. The van der Waals surface area contributed by atoms with Gasteiger partial charge in [-0.25, -0.2) is 0 Å². The highest BCUT2D eigenvalue weighted by atomic mass is 16.1. The molecule has 0 amide bonds. The normalized spacial score (nSPS) is 17.1. The van der Waals surface area contributed by atoms with Gasteiger partial charge in [-0.1, -0.05) is 0 Å². The summed E-state index contributed by atoms with van der Waals surface area (Å²) in [4.78, 5) is 23.9. The maximum atomic E-state index is 11.1. The Morgan fingerprint density at radius 2 is 1.92 bits per heavy atom. The van der Waals surface area contributed by atoms with Crippen LogP contribution < -0.4 is 0 Å². The molecule has 0 saturated heterocycles. The molecule has 0 aromatic carbocycles. The molecule has 0 aromatic rings. The predicted molar refractivity (Wildman–Crippen MR) is 45.8 cm³/mol. The second-order valence-corrected chi connectivity index (χ2v) is 3.01. The van der Waals surface area contributed by atoms with Crippen LogP contribution in [-0.4, -0.2) is 37.1 Å². The third-order valence-corrected chi connectivity index (χ3v) is 1.52. The van der Waals surface area contributed by atoms with Crippen molar-refractivity contribution in [2.24, 2.45) is 0 Å². The minimum absolute atomic E-state index is 0.0664. The van der Waals surface area contributed by atoms with Crippen LogP contribution >= 0.6 is 0 Å². The van der Waals surface area contributed by atoms with Gasteiger partial charge in [0.25, 0.3) is 0 Å². The minimum atomic E-state index is -0.105. The Labute approximate surface area is 71.4 Å². The molecule has 64 valence electrons. The quantitative estimate of drug-likeness (QED) is 0.548. The molecular formula is C9H11NO2. The van der Waals surface area contributed by atoms with Gasteiger partial charge in [0.15, 0.2) is 11.6 Å². The van der Waals surface area contributed by atoms with E-state index < -0.39 is 0 Å². The van der Waals surface area contributed by atoms with Crippen LogP contribution in [0.4, 0.5) is 0 Å². The van der Waals surface area contributed by atoms with E-state index in [1.54, 1.807) is 0 Å². The fraction of sp³-hybridized carbons (Fsp3) is 0.333. The molecule has 0 unspecified atom stereocenters. The summed E-state index contributed by atoms with van der Waals surface area (Å²) in [6, 6.07) is 0. The van der Waals surface area contributed by atoms with Crippen molar-refractivity contribution in [3.05, 3.63) is 23.8 Å². The van der Waals surface area contributed by atoms with E-state index in [1.807, 2.05) is 19.0 Å². The molecule has 0 saturated carbocycles. The van der Waals surface area contributed by atoms with Crippen LogP contribution in [0.3, 0.4) is 0 Å². The molecule has 0 fully saturated rings. The average molecular weight is 165 g/mol. The molecule has 0 spiro atoms. The average Bonchev–Trinajstić information content (AvgIpc) is 1.96. The third-order valence-electron chi connectivity index (χ3n) is 1.52. The van der Waals surface area contributed by atoms with Crippen LogP contribution in [0.25, 0.3) is 0 Å². The van der Waals surface area contributed by atoms with E-state index in [9.17, 15) is 9.59 Å². The Kier molecular flexibility index (Phi) is 2.55. The van der Waals surface area contributed by atoms with Gasteiger partial charge in [-0.3, -0.25) is 9.59 Å². The first-order valence-corrected chi connectivity index (χ1v) is 3.71. The first kappa shape index (κ1) is 8.87. The standard InChI is InChI=1S/C9H11NO2/c1-10(2)6-7-5-8(11)3-4-9(7)12/h3-5H,6H2,1-2H3.